The second-order valence-corrected chi connectivity index (χ2v) is 6.79. The summed E-state index contributed by atoms with van der Waals surface area (Å²) < 4.78 is 5.87. The van der Waals surface area contributed by atoms with Gasteiger partial charge in [0.15, 0.2) is 6.23 Å². The monoisotopic (exact) mass is 371 g/mol. The molecule has 27 heavy (non-hydrogen) atoms. The Morgan fingerprint density at radius 1 is 1.11 bits per heavy atom. The number of carbonyl (C=O) groups is 1. The number of hydrogen-bond donors (Lipinski definition) is 4. The van der Waals surface area contributed by atoms with Crippen LogP contribution < -0.4 is 20.7 Å². The average molecular weight is 371 g/mol. The lowest BCUT2D eigenvalue weighted by molar-refractivity contribution is 0.0258. The fourth-order valence-corrected chi connectivity index (χ4v) is 2.55. The molecule has 0 aliphatic heterocycles. The Balaban J connectivity index is 1.97. The average Bonchev–Trinajstić information content (AvgIpc) is 2.66. The zero-order valence-electron chi connectivity index (χ0n) is 16.3. The predicted octanol–water partition coefficient (Wildman–Crippen LogP) is 3.44. The van der Waals surface area contributed by atoms with Crippen LogP contribution in [0.1, 0.15) is 37.8 Å². The minimum absolute atomic E-state index is 0.282. The molecule has 0 aromatic heterocycles. The quantitative estimate of drug-likeness (QED) is 0.536. The summed E-state index contributed by atoms with van der Waals surface area (Å²) in [6.07, 6.45) is -1.24. The molecule has 0 fully saturated rings. The van der Waals surface area contributed by atoms with Gasteiger partial charge in [-0.25, -0.2) is 4.79 Å². The van der Waals surface area contributed by atoms with Crippen LogP contribution in [-0.2, 0) is 6.54 Å². The van der Waals surface area contributed by atoms with Gasteiger partial charge in [0, 0.05) is 19.3 Å². The maximum absolute atomic E-state index is 11.3. The van der Waals surface area contributed by atoms with E-state index in [9.17, 15) is 9.90 Å². The highest BCUT2D eigenvalue weighted by atomic mass is 16.5. The number of benzene rings is 2. The molecule has 2 aromatic carbocycles. The van der Waals surface area contributed by atoms with Gasteiger partial charge in [0.05, 0.1) is 0 Å². The van der Waals surface area contributed by atoms with Crippen molar-refractivity contribution in [1.82, 2.24) is 10.6 Å². The molecule has 2 atom stereocenters. The molecular weight excluding hydrogens is 342 g/mol. The third-order valence-electron chi connectivity index (χ3n) is 4.17. The van der Waals surface area contributed by atoms with Gasteiger partial charge in [-0.05, 0) is 48.2 Å². The molecule has 0 heterocycles. The minimum atomic E-state index is -0.693. The highest BCUT2D eigenvalue weighted by Gasteiger charge is 2.16. The standard InChI is InChI=1S/C21H29N3O3/c1-14(2)17-7-5-6-16(12-17)13-23-20(15(3)25)27-19-10-8-18(9-11-19)24-21(26)22-4/h5-12,14-15,20,23,25H,13H2,1-4H3,(H2,22,24,26). The molecule has 146 valence electrons. The first-order chi connectivity index (χ1) is 12.9. The number of nitrogens with one attached hydrogen (secondary N) is 3. The number of ether oxygens (including phenoxy) is 1. The highest BCUT2D eigenvalue weighted by Crippen LogP contribution is 2.18. The first kappa shape index (κ1) is 20.7. The van der Waals surface area contributed by atoms with Gasteiger partial charge in [-0.3, -0.25) is 5.32 Å². The minimum Gasteiger partial charge on any atom is -0.473 e. The molecule has 6 heteroatoms. The van der Waals surface area contributed by atoms with Crippen molar-refractivity contribution >= 4 is 11.7 Å². The summed E-state index contributed by atoms with van der Waals surface area (Å²) in [4.78, 5) is 11.3. The molecule has 0 bridgehead atoms. The summed E-state index contributed by atoms with van der Waals surface area (Å²) in [5, 5.41) is 18.5. The number of rotatable bonds is 8. The molecule has 0 aliphatic rings. The van der Waals surface area contributed by atoms with Gasteiger partial charge in [-0.1, -0.05) is 38.1 Å². The Morgan fingerprint density at radius 2 is 1.81 bits per heavy atom. The van der Waals surface area contributed by atoms with Crippen molar-refractivity contribution in [2.75, 3.05) is 12.4 Å². The summed E-state index contributed by atoms with van der Waals surface area (Å²) in [6, 6.07) is 15.1. The highest BCUT2D eigenvalue weighted by molar-refractivity contribution is 5.88. The van der Waals surface area contributed by atoms with Gasteiger partial charge >= 0.3 is 6.03 Å². The first-order valence-electron chi connectivity index (χ1n) is 9.14. The van der Waals surface area contributed by atoms with E-state index in [-0.39, 0.29) is 6.03 Å². The van der Waals surface area contributed by atoms with Crippen LogP contribution in [0, 0.1) is 0 Å². The van der Waals surface area contributed by atoms with Gasteiger partial charge in [0.25, 0.3) is 0 Å². The van der Waals surface area contributed by atoms with Crippen LogP contribution in [0.5, 0.6) is 5.75 Å². The predicted molar refractivity (Wildman–Crippen MR) is 108 cm³/mol. The van der Waals surface area contributed by atoms with Crippen molar-refractivity contribution in [2.45, 2.75) is 45.6 Å². The van der Waals surface area contributed by atoms with E-state index in [4.69, 9.17) is 4.74 Å². The summed E-state index contributed by atoms with van der Waals surface area (Å²) in [7, 11) is 1.56. The van der Waals surface area contributed by atoms with Gasteiger partial charge in [0.2, 0.25) is 0 Å². The molecule has 6 nitrogen and oxygen atoms in total. The second kappa shape index (κ2) is 9.94. The maximum atomic E-state index is 11.3. The number of amides is 2. The molecule has 2 unspecified atom stereocenters. The maximum Gasteiger partial charge on any atom is 0.318 e. The van der Waals surface area contributed by atoms with E-state index in [1.165, 1.54) is 5.56 Å². The fourth-order valence-electron chi connectivity index (χ4n) is 2.55. The Morgan fingerprint density at radius 3 is 2.41 bits per heavy atom. The van der Waals surface area contributed by atoms with Crippen molar-refractivity contribution in [2.24, 2.45) is 0 Å². The summed E-state index contributed by atoms with van der Waals surface area (Å²) in [5.41, 5.74) is 3.08. The fraction of sp³-hybridized carbons (Fsp3) is 0.381. The van der Waals surface area contributed by atoms with E-state index in [0.717, 1.165) is 5.56 Å². The number of hydrogen-bond acceptors (Lipinski definition) is 4. The van der Waals surface area contributed by atoms with Crippen molar-refractivity contribution in [3.63, 3.8) is 0 Å². The van der Waals surface area contributed by atoms with Crippen molar-refractivity contribution in [3.8, 4) is 5.75 Å². The lowest BCUT2D eigenvalue weighted by atomic mass is 10.0. The normalized spacial score (nSPS) is 13.1. The lowest BCUT2D eigenvalue weighted by Crippen LogP contribution is -2.42. The molecule has 0 saturated carbocycles. The Bertz CT molecular complexity index is 730. The summed E-state index contributed by atoms with van der Waals surface area (Å²) in [5.74, 6) is 1.07. The van der Waals surface area contributed by atoms with Crippen LogP contribution in [-0.4, -0.2) is 30.5 Å². The number of urea groups is 1. The molecule has 4 N–H and O–H groups in total. The number of carbonyl (C=O) groups excluding carboxylic acids is 1. The number of anilines is 1. The molecular formula is C21H29N3O3. The van der Waals surface area contributed by atoms with Crippen LogP contribution in [0.3, 0.4) is 0 Å². The topological polar surface area (TPSA) is 82.6 Å². The van der Waals surface area contributed by atoms with E-state index >= 15 is 0 Å². The zero-order chi connectivity index (χ0) is 19.8. The third kappa shape index (κ3) is 6.58. The molecule has 0 aliphatic carbocycles. The zero-order valence-corrected chi connectivity index (χ0v) is 16.3. The van der Waals surface area contributed by atoms with E-state index < -0.39 is 12.3 Å². The van der Waals surface area contributed by atoms with Crippen LogP contribution in [0.15, 0.2) is 48.5 Å². The smallest absolute Gasteiger partial charge is 0.318 e. The molecule has 0 spiro atoms. The van der Waals surface area contributed by atoms with E-state index in [2.05, 4.69) is 48.0 Å². The van der Waals surface area contributed by atoms with E-state index in [1.807, 2.05) is 6.07 Å². The molecule has 2 aromatic rings. The van der Waals surface area contributed by atoms with Crippen LogP contribution >= 0.6 is 0 Å². The van der Waals surface area contributed by atoms with Crippen LogP contribution in [0.2, 0.25) is 0 Å². The summed E-state index contributed by atoms with van der Waals surface area (Å²) >= 11 is 0. The van der Waals surface area contributed by atoms with Crippen molar-refractivity contribution < 1.29 is 14.6 Å². The van der Waals surface area contributed by atoms with Crippen LogP contribution in [0.25, 0.3) is 0 Å². The molecule has 2 amide bonds. The Hall–Kier alpha value is -2.57. The lowest BCUT2D eigenvalue weighted by Gasteiger charge is -2.23. The van der Waals surface area contributed by atoms with E-state index in [0.29, 0.717) is 23.9 Å². The van der Waals surface area contributed by atoms with Crippen LogP contribution in [0.4, 0.5) is 10.5 Å². The first-order valence-corrected chi connectivity index (χ1v) is 9.14. The third-order valence-corrected chi connectivity index (χ3v) is 4.17. The second-order valence-electron chi connectivity index (χ2n) is 6.79. The SMILES string of the molecule is CNC(=O)Nc1ccc(OC(NCc2cccc(C(C)C)c2)C(C)O)cc1. The van der Waals surface area contributed by atoms with E-state index in [1.54, 1.807) is 38.2 Å². The largest absolute Gasteiger partial charge is 0.473 e. The Kier molecular flexibility index (Phi) is 7.64. The number of aliphatic hydroxyl groups is 1. The molecule has 0 saturated heterocycles. The van der Waals surface area contributed by atoms with Gasteiger partial charge < -0.3 is 20.5 Å². The summed E-state index contributed by atoms with van der Waals surface area (Å²) in [6.45, 7) is 6.60. The number of aliphatic hydroxyl groups excluding tert-OH is 1. The molecule has 0 radical (unpaired) electrons. The van der Waals surface area contributed by atoms with Crippen molar-refractivity contribution in [1.29, 1.82) is 0 Å². The molecule has 2 rings (SSSR count). The van der Waals surface area contributed by atoms with Gasteiger partial charge in [0.1, 0.15) is 11.9 Å². The van der Waals surface area contributed by atoms with Crippen molar-refractivity contribution in [3.05, 3.63) is 59.7 Å². The Labute approximate surface area is 160 Å². The van der Waals surface area contributed by atoms with Gasteiger partial charge in [-0.2, -0.15) is 0 Å². The van der Waals surface area contributed by atoms with Gasteiger partial charge in [-0.15, -0.1) is 0 Å².